The predicted octanol–water partition coefficient (Wildman–Crippen LogP) is 3.06. The molecule has 1 saturated heterocycles. The van der Waals surface area contributed by atoms with E-state index in [0.717, 1.165) is 19.5 Å². The van der Waals surface area contributed by atoms with Crippen molar-refractivity contribution in [3.8, 4) is 5.69 Å². The molecule has 0 radical (unpaired) electrons. The number of hydrogen-bond donors (Lipinski definition) is 0. The molecule has 3 heterocycles. The van der Waals surface area contributed by atoms with E-state index in [-0.39, 0.29) is 0 Å². The van der Waals surface area contributed by atoms with Crippen LogP contribution in [-0.4, -0.2) is 37.3 Å². The number of likely N-dealkylation sites (tertiary alicyclic amines) is 1. The number of nitrogens with zero attached hydrogens (tertiary/aromatic N) is 5. The summed E-state index contributed by atoms with van der Waals surface area (Å²) in [5.74, 6) is 1.88. The van der Waals surface area contributed by atoms with Crippen molar-refractivity contribution < 1.29 is 0 Å². The third-order valence-electron chi connectivity index (χ3n) is 5.13. The van der Waals surface area contributed by atoms with Crippen LogP contribution in [0.2, 0.25) is 0 Å². The van der Waals surface area contributed by atoms with E-state index >= 15 is 0 Å². The van der Waals surface area contributed by atoms with Gasteiger partial charge in [0.15, 0.2) is 0 Å². The van der Waals surface area contributed by atoms with Gasteiger partial charge in [-0.1, -0.05) is 18.2 Å². The Morgan fingerprint density at radius 2 is 2.04 bits per heavy atom. The van der Waals surface area contributed by atoms with Crippen LogP contribution in [0.3, 0.4) is 0 Å². The quantitative estimate of drug-likeness (QED) is 0.719. The number of piperidine rings is 1. The van der Waals surface area contributed by atoms with Gasteiger partial charge in [-0.3, -0.25) is 4.90 Å². The van der Waals surface area contributed by atoms with Crippen LogP contribution in [0.15, 0.2) is 55.1 Å². The van der Waals surface area contributed by atoms with Gasteiger partial charge in [0, 0.05) is 51.3 Å². The maximum Gasteiger partial charge on any atom is 0.108 e. The second kappa shape index (κ2) is 7.23. The molecule has 0 spiro atoms. The van der Waals surface area contributed by atoms with Crippen molar-refractivity contribution in [1.82, 2.24) is 24.2 Å². The summed E-state index contributed by atoms with van der Waals surface area (Å²) in [6.07, 6.45) is 11.4. The summed E-state index contributed by atoms with van der Waals surface area (Å²) in [5, 5.41) is 4.40. The summed E-state index contributed by atoms with van der Waals surface area (Å²) in [6, 6.07) is 10.6. The Morgan fingerprint density at radius 3 is 2.84 bits per heavy atom. The van der Waals surface area contributed by atoms with E-state index in [0.29, 0.717) is 5.92 Å². The van der Waals surface area contributed by atoms with E-state index < -0.39 is 0 Å². The van der Waals surface area contributed by atoms with E-state index in [9.17, 15) is 0 Å². The van der Waals surface area contributed by atoms with Gasteiger partial charge in [0.1, 0.15) is 5.82 Å². The average Bonchev–Trinajstić information content (AvgIpc) is 3.29. The fourth-order valence-electron chi connectivity index (χ4n) is 3.83. The molecule has 0 aliphatic carbocycles. The molecule has 130 valence electrons. The Bertz CT molecular complexity index is 805. The molecule has 4 rings (SSSR count). The number of imidazole rings is 1. The van der Waals surface area contributed by atoms with E-state index in [1.54, 1.807) is 0 Å². The molecule has 3 aromatic rings. The van der Waals surface area contributed by atoms with Crippen LogP contribution in [0.5, 0.6) is 0 Å². The highest BCUT2D eigenvalue weighted by Gasteiger charge is 2.22. The summed E-state index contributed by atoms with van der Waals surface area (Å²) < 4.78 is 4.11. The molecule has 0 amide bonds. The molecule has 1 aromatic carbocycles. The van der Waals surface area contributed by atoms with Crippen molar-refractivity contribution in [2.75, 3.05) is 13.1 Å². The summed E-state index contributed by atoms with van der Waals surface area (Å²) in [4.78, 5) is 7.08. The first-order valence-corrected chi connectivity index (χ1v) is 9.06. The maximum absolute atomic E-state index is 4.50. The molecule has 1 aliphatic heterocycles. The van der Waals surface area contributed by atoms with Crippen molar-refractivity contribution in [3.63, 3.8) is 0 Å². The van der Waals surface area contributed by atoms with Crippen LogP contribution in [0.25, 0.3) is 5.69 Å². The first-order chi connectivity index (χ1) is 12.3. The normalized spacial score (nSPS) is 18.5. The minimum atomic E-state index is 0.687. The summed E-state index contributed by atoms with van der Waals surface area (Å²) in [7, 11) is 2.09. The number of benzene rings is 1. The standard InChI is InChI=1S/C20H25N5/c1-23-13-10-21-20(23)14-17-6-4-11-24(15-17)16-18-7-2-3-8-19(18)25-12-5-9-22-25/h2-3,5,7-10,12-13,17H,4,6,11,14-16H2,1H3. The molecule has 0 N–H and O–H groups in total. The van der Waals surface area contributed by atoms with Crippen molar-refractivity contribution in [2.45, 2.75) is 25.8 Å². The Kier molecular flexibility index (Phi) is 4.65. The Balaban J connectivity index is 1.45. The summed E-state index contributed by atoms with van der Waals surface area (Å²) in [5.41, 5.74) is 2.52. The molecule has 0 saturated carbocycles. The number of rotatable bonds is 5. The zero-order chi connectivity index (χ0) is 17.1. The van der Waals surface area contributed by atoms with Gasteiger partial charge in [0.05, 0.1) is 5.69 Å². The number of para-hydroxylation sites is 1. The molecular weight excluding hydrogens is 310 g/mol. The van der Waals surface area contributed by atoms with Crippen molar-refractivity contribution in [1.29, 1.82) is 0 Å². The molecule has 5 nitrogen and oxygen atoms in total. The van der Waals surface area contributed by atoms with Crippen LogP contribution >= 0.6 is 0 Å². The molecule has 2 aromatic heterocycles. The molecular formula is C20H25N5. The molecule has 1 unspecified atom stereocenters. The number of aryl methyl sites for hydroxylation is 1. The average molecular weight is 335 g/mol. The minimum absolute atomic E-state index is 0.687. The van der Waals surface area contributed by atoms with E-state index in [2.05, 4.69) is 50.9 Å². The van der Waals surface area contributed by atoms with Gasteiger partial charge >= 0.3 is 0 Å². The highest BCUT2D eigenvalue weighted by Crippen LogP contribution is 2.23. The largest absolute Gasteiger partial charge is 0.338 e. The van der Waals surface area contributed by atoms with Gasteiger partial charge in [-0.25, -0.2) is 9.67 Å². The third-order valence-corrected chi connectivity index (χ3v) is 5.13. The number of hydrogen-bond acceptors (Lipinski definition) is 3. The van der Waals surface area contributed by atoms with Gasteiger partial charge < -0.3 is 4.57 Å². The van der Waals surface area contributed by atoms with Crippen molar-refractivity contribution in [2.24, 2.45) is 13.0 Å². The smallest absolute Gasteiger partial charge is 0.108 e. The second-order valence-electron chi connectivity index (χ2n) is 6.98. The molecule has 25 heavy (non-hydrogen) atoms. The van der Waals surface area contributed by atoms with Gasteiger partial charge in [0.25, 0.3) is 0 Å². The minimum Gasteiger partial charge on any atom is -0.338 e. The van der Waals surface area contributed by atoms with Gasteiger partial charge in [-0.2, -0.15) is 5.10 Å². The van der Waals surface area contributed by atoms with E-state index in [1.807, 2.05) is 35.5 Å². The zero-order valence-corrected chi connectivity index (χ0v) is 14.8. The monoisotopic (exact) mass is 335 g/mol. The Labute approximate surface area is 148 Å². The van der Waals surface area contributed by atoms with Crippen LogP contribution < -0.4 is 0 Å². The lowest BCUT2D eigenvalue weighted by Gasteiger charge is -2.33. The van der Waals surface area contributed by atoms with Crippen LogP contribution in [0.4, 0.5) is 0 Å². The van der Waals surface area contributed by atoms with Crippen LogP contribution in [-0.2, 0) is 20.0 Å². The lowest BCUT2D eigenvalue weighted by atomic mass is 9.94. The zero-order valence-electron chi connectivity index (χ0n) is 14.8. The second-order valence-corrected chi connectivity index (χ2v) is 6.98. The highest BCUT2D eigenvalue weighted by atomic mass is 15.3. The molecule has 5 heteroatoms. The SMILES string of the molecule is Cn1ccnc1CC1CCCN(Cc2ccccc2-n2cccn2)C1. The maximum atomic E-state index is 4.50. The fourth-order valence-corrected chi connectivity index (χ4v) is 3.83. The van der Waals surface area contributed by atoms with E-state index in [4.69, 9.17) is 0 Å². The van der Waals surface area contributed by atoms with Crippen molar-refractivity contribution in [3.05, 3.63) is 66.5 Å². The van der Waals surface area contributed by atoms with Gasteiger partial charge in [-0.05, 0) is 43.0 Å². The third kappa shape index (κ3) is 3.66. The van der Waals surface area contributed by atoms with Crippen LogP contribution in [0, 0.1) is 5.92 Å². The topological polar surface area (TPSA) is 38.9 Å². The highest BCUT2D eigenvalue weighted by molar-refractivity contribution is 5.40. The fraction of sp³-hybridized carbons (Fsp3) is 0.400. The van der Waals surface area contributed by atoms with Crippen molar-refractivity contribution >= 4 is 0 Å². The summed E-state index contributed by atoms with van der Waals surface area (Å²) in [6.45, 7) is 3.29. The van der Waals surface area contributed by atoms with Crippen LogP contribution in [0.1, 0.15) is 24.2 Å². The van der Waals surface area contributed by atoms with Gasteiger partial charge in [0.2, 0.25) is 0 Å². The molecule has 1 aliphatic rings. The Morgan fingerprint density at radius 1 is 1.12 bits per heavy atom. The lowest BCUT2D eigenvalue weighted by molar-refractivity contribution is 0.165. The first-order valence-electron chi connectivity index (χ1n) is 9.06. The molecule has 1 fully saturated rings. The molecule has 0 bridgehead atoms. The summed E-state index contributed by atoms with van der Waals surface area (Å²) >= 11 is 0. The Hall–Kier alpha value is -2.40. The number of aromatic nitrogens is 4. The lowest BCUT2D eigenvalue weighted by Crippen LogP contribution is -2.36. The predicted molar refractivity (Wildman–Crippen MR) is 98.5 cm³/mol. The van der Waals surface area contributed by atoms with E-state index in [1.165, 1.54) is 36.5 Å². The van der Waals surface area contributed by atoms with Gasteiger partial charge in [-0.15, -0.1) is 0 Å². The molecule has 1 atom stereocenters. The first kappa shape index (κ1) is 16.1.